The average Bonchev–Trinajstić information content (AvgIpc) is 2.73. The maximum atomic E-state index is 13.0. The summed E-state index contributed by atoms with van der Waals surface area (Å²) < 4.78 is 26.2. The number of piperidine rings is 1. The van der Waals surface area contributed by atoms with Gasteiger partial charge in [-0.1, -0.05) is 6.92 Å². The fraction of sp³-hybridized carbons (Fsp3) is 0.632. The Bertz CT molecular complexity index is 835. The lowest BCUT2D eigenvalue weighted by molar-refractivity contribution is -0.384. The molecule has 2 aliphatic heterocycles. The minimum atomic E-state index is -3.28. The van der Waals surface area contributed by atoms with Gasteiger partial charge in [-0.25, -0.2) is 12.7 Å². The highest BCUT2D eigenvalue weighted by atomic mass is 32.2. The van der Waals surface area contributed by atoms with Crippen LogP contribution in [0.15, 0.2) is 24.3 Å². The van der Waals surface area contributed by atoms with Crippen LogP contribution < -0.4 is 4.90 Å². The van der Waals surface area contributed by atoms with Gasteiger partial charge in [-0.3, -0.25) is 14.9 Å². The Balaban J connectivity index is 1.56. The molecule has 0 aromatic heterocycles. The number of nitro groups is 1. The number of piperazine rings is 1. The average molecular weight is 425 g/mol. The maximum absolute atomic E-state index is 13.0. The molecule has 1 atom stereocenters. The molecule has 0 unspecified atom stereocenters. The summed E-state index contributed by atoms with van der Waals surface area (Å²) >= 11 is 0. The first-order valence-corrected chi connectivity index (χ1v) is 11.7. The molecule has 0 N–H and O–H groups in total. The van der Waals surface area contributed by atoms with Crippen LogP contribution in [0.2, 0.25) is 0 Å². The molecule has 2 saturated heterocycles. The number of sulfonamides is 1. The number of benzene rings is 1. The predicted octanol–water partition coefficient (Wildman–Crippen LogP) is 1.70. The van der Waals surface area contributed by atoms with Crippen molar-refractivity contribution in [3.05, 3.63) is 34.4 Å². The molecule has 10 heteroatoms. The van der Waals surface area contributed by atoms with Crippen molar-refractivity contribution in [1.29, 1.82) is 0 Å². The molecule has 3 rings (SSSR count). The van der Waals surface area contributed by atoms with E-state index in [-0.39, 0.29) is 29.8 Å². The normalized spacial score (nSPS) is 21.2. The van der Waals surface area contributed by atoms with Crippen LogP contribution in [0.25, 0.3) is 0 Å². The number of rotatable bonds is 6. The van der Waals surface area contributed by atoms with Crippen LogP contribution in [0.5, 0.6) is 0 Å². The lowest BCUT2D eigenvalue weighted by Gasteiger charge is -2.39. The summed E-state index contributed by atoms with van der Waals surface area (Å²) in [6.07, 6.45) is 2.00. The molecule has 2 heterocycles. The Morgan fingerprint density at radius 3 is 2.38 bits per heavy atom. The topological polar surface area (TPSA) is 104 Å². The van der Waals surface area contributed by atoms with Gasteiger partial charge < -0.3 is 9.80 Å². The molecule has 2 aliphatic rings. The molecule has 1 aromatic carbocycles. The molecule has 0 bridgehead atoms. The minimum absolute atomic E-state index is 0.0322. The third-order valence-corrected chi connectivity index (χ3v) is 7.65. The van der Waals surface area contributed by atoms with Crippen molar-refractivity contribution in [1.82, 2.24) is 9.21 Å². The van der Waals surface area contributed by atoms with Gasteiger partial charge in [0.25, 0.3) is 5.69 Å². The second kappa shape index (κ2) is 9.08. The van der Waals surface area contributed by atoms with E-state index in [4.69, 9.17) is 0 Å². The number of hydrogen-bond donors (Lipinski definition) is 0. The fourth-order valence-corrected chi connectivity index (χ4v) is 5.60. The highest BCUT2D eigenvalue weighted by Gasteiger charge is 2.34. The number of carbonyl (C=O) groups excluding carboxylic acids is 1. The Morgan fingerprint density at radius 2 is 1.79 bits per heavy atom. The van der Waals surface area contributed by atoms with E-state index < -0.39 is 14.9 Å². The zero-order chi connectivity index (χ0) is 21.0. The van der Waals surface area contributed by atoms with E-state index in [1.54, 1.807) is 12.1 Å². The van der Waals surface area contributed by atoms with Crippen LogP contribution in [0.1, 0.15) is 26.2 Å². The monoisotopic (exact) mass is 424 g/mol. The first kappa shape index (κ1) is 21.5. The number of amides is 1. The smallest absolute Gasteiger partial charge is 0.269 e. The van der Waals surface area contributed by atoms with Crippen LogP contribution in [-0.4, -0.2) is 73.5 Å². The van der Waals surface area contributed by atoms with Crippen molar-refractivity contribution in [2.45, 2.75) is 26.2 Å². The SMILES string of the molecule is CCCS(=O)(=O)N1CCC[C@H](C(=O)N2CCN(c3ccc([N+](=O)[O-])cc3)CC2)C1. The van der Waals surface area contributed by atoms with Crippen molar-refractivity contribution in [2.75, 3.05) is 49.9 Å². The van der Waals surface area contributed by atoms with Crippen LogP contribution in [0.4, 0.5) is 11.4 Å². The number of nitrogens with zero attached hydrogens (tertiary/aromatic N) is 4. The molecule has 9 nitrogen and oxygen atoms in total. The van der Waals surface area contributed by atoms with Crippen molar-refractivity contribution in [3.8, 4) is 0 Å². The van der Waals surface area contributed by atoms with Crippen molar-refractivity contribution >= 4 is 27.3 Å². The molecule has 0 saturated carbocycles. The largest absolute Gasteiger partial charge is 0.368 e. The summed E-state index contributed by atoms with van der Waals surface area (Å²) in [6, 6.07) is 6.43. The van der Waals surface area contributed by atoms with E-state index in [2.05, 4.69) is 4.90 Å². The molecular formula is C19H28N4O5S. The third-order valence-electron chi connectivity index (χ3n) is 5.61. The van der Waals surface area contributed by atoms with E-state index in [1.165, 1.54) is 16.4 Å². The third kappa shape index (κ3) is 5.05. The van der Waals surface area contributed by atoms with Gasteiger partial charge in [0, 0.05) is 57.1 Å². The summed E-state index contributed by atoms with van der Waals surface area (Å²) in [7, 11) is -3.28. The van der Waals surface area contributed by atoms with Gasteiger partial charge in [0.05, 0.1) is 16.6 Å². The zero-order valence-electron chi connectivity index (χ0n) is 16.7. The first-order valence-electron chi connectivity index (χ1n) is 10.1. The van der Waals surface area contributed by atoms with Gasteiger partial charge in [0.2, 0.25) is 15.9 Å². The summed E-state index contributed by atoms with van der Waals surface area (Å²) in [6.45, 7) is 5.04. The van der Waals surface area contributed by atoms with Gasteiger partial charge in [0.15, 0.2) is 0 Å². The minimum Gasteiger partial charge on any atom is -0.368 e. The molecule has 0 radical (unpaired) electrons. The number of carbonyl (C=O) groups is 1. The molecule has 1 aromatic rings. The van der Waals surface area contributed by atoms with E-state index in [9.17, 15) is 23.3 Å². The highest BCUT2D eigenvalue weighted by Crippen LogP contribution is 2.24. The van der Waals surface area contributed by atoms with E-state index in [1.807, 2.05) is 11.8 Å². The van der Waals surface area contributed by atoms with Crippen molar-refractivity contribution in [2.24, 2.45) is 5.92 Å². The molecular weight excluding hydrogens is 396 g/mol. The van der Waals surface area contributed by atoms with Gasteiger partial charge in [0.1, 0.15) is 0 Å². The number of non-ortho nitro benzene ring substituents is 1. The van der Waals surface area contributed by atoms with Gasteiger partial charge >= 0.3 is 0 Å². The summed E-state index contributed by atoms with van der Waals surface area (Å²) in [5.41, 5.74) is 0.958. The predicted molar refractivity (Wildman–Crippen MR) is 110 cm³/mol. The Morgan fingerprint density at radius 1 is 1.14 bits per heavy atom. The van der Waals surface area contributed by atoms with Gasteiger partial charge in [-0.2, -0.15) is 0 Å². The van der Waals surface area contributed by atoms with Gasteiger partial charge in [-0.05, 0) is 31.4 Å². The van der Waals surface area contributed by atoms with Crippen LogP contribution >= 0.6 is 0 Å². The zero-order valence-corrected chi connectivity index (χ0v) is 17.5. The number of anilines is 1. The second-order valence-electron chi connectivity index (χ2n) is 7.60. The second-order valence-corrected chi connectivity index (χ2v) is 9.69. The summed E-state index contributed by atoms with van der Waals surface area (Å²) in [4.78, 5) is 27.2. The standard InChI is InChI=1S/C19H28N4O5S/c1-2-14-29(27,28)22-9-3-4-16(15-22)19(24)21-12-10-20(11-13-21)17-5-7-18(8-6-17)23(25)26/h5-8,16H,2-4,9-15H2,1H3/t16-/m0/s1. The van der Waals surface area contributed by atoms with Crippen LogP contribution in [-0.2, 0) is 14.8 Å². The molecule has 0 aliphatic carbocycles. The molecule has 1 amide bonds. The number of hydrogen-bond acceptors (Lipinski definition) is 6. The van der Waals surface area contributed by atoms with E-state index in [0.29, 0.717) is 45.6 Å². The Hall–Kier alpha value is -2.20. The summed E-state index contributed by atoms with van der Waals surface area (Å²) in [5, 5.41) is 10.8. The molecule has 2 fully saturated rings. The molecule has 160 valence electrons. The molecule has 0 spiro atoms. The first-order chi connectivity index (χ1) is 13.8. The van der Waals surface area contributed by atoms with E-state index in [0.717, 1.165) is 12.1 Å². The quantitative estimate of drug-likeness (QED) is 0.508. The van der Waals surface area contributed by atoms with E-state index >= 15 is 0 Å². The lowest BCUT2D eigenvalue weighted by atomic mass is 9.97. The lowest BCUT2D eigenvalue weighted by Crippen LogP contribution is -2.53. The Labute approximate surface area is 171 Å². The highest BCUT2D eigenvalue weighted by molar-refractivity contribution is 7.89. The number of nitro benzene ring substituents is 1. The van der Waals surface area contributed by atoms with Crippen molar-refractivity contribution < 1.29 is 18.1 Å². The maximum Gasteiger partial charge on any atom is 0.269 e. The van der Waals surface area contributed by atoms with Crippen molar-refractivity contribution in [3.63, 3.8) is 0 Å². The summed E-state index contributed by atoms with van der Waals surface area (Å²) in [5.74, 6) is -0.118. The van der Waals surface area contributed by atoms with Crippen LogP contribution in [0, 0.1) is 16.0 Å². The Kier molecular flexibility index (Phi) is 6.74. The van der Waals surface area contributed by atoms with Crippen LogP contribution in [0.3, 0.4) is 0 Å². The van der Waals surface area contributed by atoms with Gasteiger partial charge in [-0.15, -0.1) is 0 Å². The fourth-order valence-electron chi connectivity index (χ4n) is 4.01. The molecule has 29 heavy (non-hydrogen) atoms.